The van der Waals surface area contributed by atoms with Gasteiger partial charge >= 0.3 is 0 Å². The van der Waals surface area contributed by atoms with Crippen LogP contribution in [0.5, 0.6) is 0 Å². The average Bonchev–Trinajstić information content (AvgIpc) is 3.07. The van der Waals surface area contributed by atoms with Crippen molar-refractivity contribution in [2.45, 2.75) is 57.2 Å². The van der Waals surface area contributed by atoms with Gasteiger partial charge in [0.05, 0.1) is 12.2 Å². The lowest BCUT2D eigenvalue weighted by atomic mass is 9.83. The number of ether oxygens (including phenoxy) is 1. The zero-order chi connectivity index (χ0) is 18.5. The Morgan fingerprint density at radius 1 is 0.926 bits per heavy atom. The van der Waals surface area contributed by atoms with Crippen molar-refractivity contribution in [1.82, 2.24) is 4.90 Å². The summed E-state index contributed by atoms with van der Waals surface area (Å²) in [5, 5.41) is 0. The molecule has 2 heterocycles. The molecule has 2 aliphatic heterocycles. The van der Waals surface area contributed by atoms with E-state index in [9.17, 15) is 4.79 Å². The van der Waals surface area contributed by atoms with Crippen LogP contribution in [0.3, 0.4) is 0 Å². The normalized spacial score (nSPS) is 17.9. The third-order valence-corrected chi connectivity index (χ3v) is 6.13. The summed E-state index contributed by atoms with van der Waals surface area (Å²) in [5.41, 5.74) is 3.90. The van der Waals surface area contributed by atoms with Crippen LogP contribution in [-0.2, 0) is 28.2 Å². The van der Waals surface area contributed by atoms with Crippen LogP contribution in [0.25, 0.3) is 0 Å². The van der Waals surface area contributed by atoms with E-state index in [0.29, 0.717) is 18.9 Å². The maximum Gasteiger partial charge on any atom is 0.222 e. The van der Waals surface area contributed by atoms with Crippen LogP contribution < -0.4 is 0 Å². The Kier molecular flexibility index (Phi) is 5.58. The van der Waals surface area contributed by atoms with Crippen LogP contribution in [0.2, 0.25) is 0 Å². The van der Waals surface area contributed by atoms with Crippen LogP contribution in [0.4, 0.5) is 0 Å². The molecule has 0 radical (unpaired) electrons. The van der Waals surface area contributed by atoms with Gasteiger partial charge in [0.1, 0.15) is 0 Å². The van der Waals surface area contributed by atoms with E-state index in [2.05, 4.69) is 54.6 Å². The Hall–Kier alpha value is -2.13. The summed E-state index contributed by atoms with van der Waals surface area (Å²) < 4.78 is 6.20. The average molecular weight is 364 g/mol. The van der Waals surface area contributed by atoms with Gasteiger partial charge in [0, 0.05) is 19.5 Å². The highest BCUT2D eigenvalue weighted by Gasteiger charge is 2.42. The molecule has 3 heteroatoms. The van der Waals surface area contributed by atoms with Gasteiger partial charge in [0.2, 0.25) is 5.91 Å². The second-order valence-corrected chi connectivity index (χ2v) is 7.87. The molecule has 0 aromatic heterocycles. The fourth-order valence-corrected chi connectivity index (χ4v) is 4.50. The number of carbonyl (C=O) groups is 1. The lowest BCUT2D eigenvalue weighted by molar-refractivity contribution is -0.138. The Labute approximate surface area is 162 Å². The third-order valence-electron chi connectivity index (χ3n) is 6.13. The highest BCUT2D eigenvalue weighted by atomic mass is 16.5. The second kappa shape index (κ2) is 8.26. The number of carbonyl (C=O) groups excluding carboxylic acids is 1. The molecule has 4 rings (SSSR count). The first-order chi connectivity index (χ1) is 13.3. The zero-order valence-corrected chi connectivity index (χ0v) is 16.0. The minimum atomic E-state index is -0.150. The largest absolute Gasteiger partial charge is 0.365 e. The minimum absolute atomic E-state index is 0.150. The van der Waals surface area contributed by atoms with E-state index in [1.165, 1.54) is 16.7 Å². The lowest BCUT2D eigenvalue weighted by Gasteiger charge is -2.39. The van der Waals surface area contributed by atoms with Crippen molar-refractivity contribution in [2.24, 2.45) is 0 Å². The Morgan fingerprint density at radius 2 is 1.67 bits per heavy atom. The molecule has 1 fully saturated rings. The van der Waals surface area contributed by atoms with Crippen LogP contribution in [0, 0.1) is 0 Å². The molecule has 2 aromatic carbocycles. The molecule has 0 N–H and O–H groups in total. The standard InChI is InChI=1S/C24H29NO2/c26-23(14-6-2-5-11-20-9-3-1-4-10-20)25-17-15-24(16-18-25)22-13-8-7-12-21(22)19-27-24/h1,3-4,7-10,12-13H,2,5-6,11,14-19H2. The summed E-state index contributed by atoms with van der Waals surface area (Å²) in [6.07, 6.45) is 6.90. The van der Waals surface area contributed by atoms with Crippen LogP contribution >= 0.6 is 0 Å². The number of likely N-dealkylation sites (tertiary alicyclic amines) is 1. The van der Waals surface area contributed by atoms with Crippen molar-refractivity contribution < 1.29 is 9.53 Å². The van der Waals surface area contributed by atoms with Gasteiger partial charge in [-0.3, -0.25) is 4.79 Å². The van der Waals surface area contributed by atoms with Gasteiger partial charge in [-0.15, -0.1) is 0 Å². The van der Waals surface area contributed by atoms with Crippen molar-refractivity contribution in [3.8, 4) is 0 Å². The van der Waals surface area contributed by atoms with Crippen molar-refractivity contribution in [3.05, 3.63) is 71.3 Å². The molecular weight excluding hydrogens is 334 g/mol. The first kappa shape index (κ1) is 18.2. The maximum absolute atomic E-state index is 12.6. The van der Waals surface area contributed by atoms with Gasteiger partial charge in [-0.25, -0.2) is 0 Å². The molecule has 3 nitrogen and oxygen atoms in total. The van der Waals surface area contributed by atoms with E-state index in [0.717, 1.165) is 51.6 Å². The van der Waals surface area contributed by atoms with Crippen LogP contribution in [0.15, 0.2) is 54.6 Å². The van der Waals surface area contributed by atoms with E-state index in [4.69, 9.17) is 4.74 Å². The monoisotopic (exact) mass is 363 g/mol. The van der Waals surface area contributed by atoms with Crippen molar-refractivity contribution in [2.75, 3.05) is 13.1 Å². The molecule has 0 aliphatic carbocycles. The van der Waals surface area contributed by atoms with Crippen LogP contribution in [-0.4, -0.2) is 23.9 Å². The first-order valence-corrected chi connectivity index (χ1v) is 10.3. The van der Waals surface area contributed by atoms with Gasteiger partial charge in [0.25, 0.3) is 0 Å². The second-order valence-electron chi connectivity index (χ2n) is 7.87. The summed E-state index contributed by atoms with van der Waals surface area (Å²) in [7, 11) is 0. The lowest BCUT2D eigenvalue weighted by Crippen LogP contribution is -2.45. The number of nitrogens with zero attached hydrogens (tertiary/aromatic N) is 1. The molecule has 0 atom stereocenters. The van der Waals surface area contributed by atoms with Gasteiger partial charge in [-0.1, -0.05) is 61.0 Å². The quantitative estimate of drug-likeness (QED) is 0.688. The third kappa shape index (κ3) is 4.08. The molecule has 2 aromatic rings. The Balaban J connectivity index is 1.19. The summed E-state index contributed by atoms with van der Waals surface area (Å²) in [6, 6.07) is 19.1. The molecular formula is C24H29NO2. The summed E-state index contributed by atoms with van der Waals surface area (Å²) in [5.74, 6) is 0.316. The number of piperidine rings is 1. The smallest absolute Gasteiger partial charge is 0.222 e. The van der Waals surface area contributed by atoms with Crippen molar-refractivity contribution in [3.63, 3.8) is 0 Å². The number of hydrogen-bond donors (Lipinski definition) is 0. The number of aryl methyl sites for hydroxylation is 1. The molecule has 0 saturated carbocycles. The van der Waals surface area contributed by atoms with E-state index in [1.807, 2.05) is 4.90 Å². The Morgan fingerprint density at radius 3 is 2.48 bits per heavy atom. The highest BCUT2D eigenvalue weighted by Crippen LogP contribution is 2.44. The fourth-order valence-electron chi connectivity index (χ4n) is 4.50. The van der Waals surface area contributed by atoms with Crippen molar-refractivity contribution in [1.29, 1.82) is 0 Å². The fraction of sp³-hybridized carbons (Fsp3) is 0.458. The van der Waals surface area contributed by atoms with Gasteiger partial charge < -0.3 is 9.64 Å². The minimum Gasteiger partial charge on any atom is -0.365 e. The topological polar surface area (TPSA) is 29.5 Å². The summed E-state index contributed by atoms with van der Waals surface area (Å²) in [6.45, 7) is 2.35. The van der Waals surface area contributed by atoms with E-state index < -0.39 is 0 Å². The van der Waals surface area contributed by atoms with Crippen LogP contribution in [0.1, 0.15) is 55.2 Å². The van der Waals surface area contributed by atoms with E-state index in [1.54, 1.807) is 0 Å². The van der Waals surface area contributed by atoms with E-state index in [-0.39, 0.29) is 5.60 Å². The zero-order valence-electron chi connectivity index (χ0n) is 16.0. The summed E-state index contributed by atoms with van der Waals surface area (Å²) >= 11 is 0. The number of rotatable bonds is 6. The number of unbranched alkanes of at least 4 members (excludes halogenated alkanes) is 2. The predicted molar refractivity (Wildman–Crippen MR) is 107 cm³/mol. The number of hydrogen-bond acceptors (Lipinski definition) is 2. The first-order valence-electron chi connectivity index (χ1n) is 10.3. The molecule has 1 amide bonds. The molecule has 0 bridgehead atoms. The number of amides is 1. The maximum atomic E-state index is 12.6. The number of fused-ring (bicyclic) bond motifs is 2. The molecule has 27 heavy (non-hydrogen) atoms. The summed E-state index contributed by atoms with van der Waals surface area (Å²) in [4.78, 5) is 14.6. The van der Waals surface area contributed by atoms with E-state index >= 15 is 0 Å². The molecule has 1 spiro atoms. The molecule has 142 valence electrons. The van der Waals surface area contributed by atoms with Gasteiger partial charge in [0.15, 0.2) is 0 Å². The SMILES string of the molecule is O=C(CCCCCc1ccccc1)N1CCC2(CC1)OCc1ccccc12. The molecule has 1 saturated heterocycles. The molecule has 0 unspecified atom stereocenters. The highest BCUT2D eigenvalue weighted by molar-refractivity contribution is 5.76. The van der Waals surface area contributed by atoms with Gasteiger partial charge in [-0.2, -0.15) is 0 Å². The Bertz CT molecular complexity index is 763. The van der Waals surface area contributed by atoms with Gasteiger partial charge in [-0.05, 0) is 48.8 Å². The predicted octanol–water partition coefficient (Wildman–Crippen LogP) is 4.84. The number of benzene rings is 2. The molecule has 2 aliphatic rings. The van der Waals surface area contributed by atoms with Crippen molar-refractivity contribution >= 4 is 5.91 Å².